The summed E-state index contributed by atoms with van der Waals surface area (Å²) >= 11 is 0. The Morgan fingerprint density at radius 1 is 1.20 bits per heavy atom. The molecule has 0 spiro atoms. The maximum atomic E-state index is 14.0. The van der Waals surface area contributed by atoms with E-state index in [9.17, 15) is 9.18 Å². The smallest absolute Gasteiger partial charge is 0.150 e. The molecular weight excluding hydrogens is 257 g/mol. The Morgan fingerprint density at radius 3 is 2.80 bits per heavy atom. The first kappa shape index (κ1) is 12.4. The van der Waals surface area contributed by atoms with Crippen LogP contribution in [0.25, 0.3) is 22.2 Å². The summed E-state index contributed by atoms with van der Waals surface area (Å²) < 4.78 is 19.2. The predicted octanol–water partition coefficient (Wildman–Crippen LogP) is 3.80. The van der Waals surface area contributed by atoms with Crippen LogP contribution in [-0.4, -0.2) is 18.4 Å². The second-order valence-corrected chi connectivity index (χ2v) is 4.46. The number of aromatic nitrogens is 1. The van der Waals surface area contributed by atoms with E-state index in [4.69, 9.17) is 4.74 Å². The Labute approximate surface area is 115 Å². The number of hydrogen-bond acceptors (Lipinski definition) is 2. The molecule has 0 unspecified atom stereocenters. The van der Waals surface area contributed by atoms with E-state index in [1.54, 1.807) is 13.2 Å². The third-order valence-electron chi connectivity index (χ3n) is 3.27. The van der Waals surface area contributed by atoms with Gasteiger partial charge in [-0.3, -0.25) is 4.79 Å². The van der Waals surface area contributed by atoms with E-state index in [0.29, 0.717) is 17.5 Å². The first-order valence-corrected chi connectivity index (χ1v) is 6.14. The maximum Gasteiger partial charge on any atom is 0.150 e. The fourth-order valence-electron chi connectivity index (χ4n) is 2.30. The van der Waals surface area contributed by atoms with E-state index < -0.39 is 5.82 Å². The third kappa shape index (κ3) is 1.95. The quantitative estimate of drug-likeness (QED) is 0.735. The van der Waals surface area contributed by atoms with E-state index in [1.165, 1.54) is 12.1 Å². The molecule has 3 rings (SSSR count). The monoisotopic (exact) mass is 269 g/mol. The van der Waals surface area contributed by atoms with Gasteiger partial charge in [0.2, 0.25) is 0 Å². The summed E-state index contributed by atoms with van der Waals surface area (Å²) in [6, 6.07) is 11.8. The zero-order valence-corrected chi connectivity index (χ0v) is 10.8. The highest BCUT2D eigenvalue weighted by atomic mass is 19.1. The van der Waals surface area contributed by atoms with Gasteiger partial charge in [0.05, 0.1) is 12.8 Å². The lowest BCUT2D eigenvalue weighted by atomic mass is 10.0. The van der Waals surface area contributed by atoms with Gasteiger partial charge in [-0.2, -0.15) is 0 Å². The average Bonchev–Trinajstić information content (AvgIpc) is 2.88. The van der Waals surface area contributed by atoms with Gasteiger partial charge in [0, 0.05) is 22.0 Å². The number of H-pyrrole nitrogens is 1. The van der Waals surface area contributed by atoms with Crippen LogP contribution < -0.4 is 4.74 Å². The van der Waals surface area contributed by atoms with Gasteiger partial charge >= 0.3 is 0 Å². The number of aldehydes is 1. The zero-order valence-electron chi connectivity index (χ0n) is 10.8. The molecule has 0 aliphatic rings. The molecule has 0 fully saturated rings. The van der Waals surface area contributed by atoms with Crippen molar-refractivity contribution in [1.82, 2.24) is 4.98 Å². The first-order chi connectivity index (χ1) is 9.72. The molecule has 0 saturated carbocycles. The number of carbonyl (C=O) groups excluding carboxylic acids is 1. The topological polar surface area (TPSA) is 42.1 Å². The van der Waals surface area contributed by atoms with Gasteiger partial charge in [0.25, 0.3) is 0 Å². The van der Waals surface area contributed by atoms with Gasteiger partial charge < -0.3 is 9.72 Å². The number of aromatic amines is 1. The van der Waals surface area contributed by atoms with Crippen LogP contribution in [0.1, 0.15) is 10.4 Å². The van der Waals surface area contributed by atoms with Crippen LogP contribution in [0.4, 0.5) is 4.39 Å². The third-order valence-corrected chi connectivity index (χ3v) is 3.27. The summed E-state index contributed by atoms with van der Waals surface area (Å²) in [4.78, 5) is 14.2. The van der Waals surface area contributed by atoms with Crippen molar-refractivity contribution in [3.63, 3.8) is 0 Å². The van der Waals surface area contributed by atoms with Crippen LogP contribution in [-0.2, 0) is 0 Å². The lowest BCUT2D eigenvalue weighted by molar-refractivity contribution is 0.112. The molecule has 0 aliphatic heterocycles. The van der Waals surface area contributed by atoms with E-state index >= 15 is 0 Å². The number of halogens is 1. The highest BCUT2D eigenvalue weighted by molar-refractivity contribution is 5.92. The van der Waals surface area contributed by atoms with Gasteiger partial charge in [0.1, 0.15) is 11.6 Å². The lowest BCUT2D eigenvalue weighted by Gasteiger charge is -2.03. The van der Waals surface area contributed by atoms with Gasteiger partial charge in [0.15, 0.2) is 6.29 Å². The van der Waals surface area contributed by atoms with Crippen LogP contribution in [0.5, 0.6) is 5.75 Å². The summed E-state index contributed by atoms with van der Waals surface area (Å²) in [7, 11) is 1.59. The summed E-state index contributed by atoms with van der Waals surface area (Å²) in [6.07, 6.45) is 0.657. The second-order valence-electron chi connectivity index (χ2n) is 4.46. The molecule has 3 aromatic rings. The van der Waals surface area contributed by atoms with Gasteiger partial charge in [-0.15, -0.1) is 0 Å². The number of methoxy groups -OCH3 is 1. The van der Waals surface area contributed by atoms with Gasteiger partial charge in [-0.1, -0.05) is 12.1 Å². The van der Waals surface area contributed by atoms with Gasteiger partial charge in [-0.05, 0) is 30.3 Å². The Bertz CT molecular complexity index is 792. The van der Waals surface area contributed by atoms with Crippen LogP contribution in [0.2, 0.25) is 0 Å². The van der Waals surface area contributed by atoms with Crippen LogP contribution in [0.15, 0.2) is 42.5 Å². The van der Waals surface area contributed by atoms with Gasteiger partial charge in [-0.25, -0.2) is 4.39 Å². The highest BCUT2D eigenvalue weighted by Gasteiger charge is 2.13. The largest absolute Gasteiger partial charge is 0.497 e. The highest BCUT2D eigenvalue weighted by Crippen LogP contribution is 2.30. The summed E-state index contributed by atoms with van der Waals surface area (Å²) in [5.41, 5.74) is 2.05. The minimum absolute atomic E-state index is 0.290. The molecule has 0 atom stereocenters. The lowest BCUT2D eigenvalue weighted by Crippen LogP contribution is -1.91. The molecule has 0 radical (unpaired) electrons. The molecule has 0 amide bonds. The van der Waals surface area contributed by atoms with Crippen LogP contribution in [0, 0.1) is 5.82 Å². The summed E-state index contributed by atoms with van der Waals surface area (Å²) in [5, 5.41) is 0.902. The van der Waals surface area contributed by atoms with Crippen LogP contribution in [0.3, 0.4) is 0 Å². The van der Waals surface area contributed by atoms with E-state index in [1.807, 2.05) is 24.3 Å². The minimum atomic E-state index is -0.423. The van der Waals surface area contributed by atoms with Crippen molar-refractivity contribution in [1.29, 1.82) is 0 Å². The van der Waals surface area contributed by atoms with E-state index in [2.05, 4.69) is 4.98 Å². The Morgan fingerprint density at radius 2 is 2.05 bits per heavy atom. The van der Waals surface area contributed by atoms with Crippen molar-refractivity contribution < 1.29 is 13.9 Å². The average molecular weight is 269 g/mol. The number of rotatable bonds is 3. The molecule has 1 aromatic heterocycles. The fraction of sp³-hybridized carbons (Fsp3) is 0.0625. The van der Waals surface area contributed by atoms with Crippen molar-refractivity contribution in [3.05, 3.63) is 53.8 Å². The number of carbonyl (C=O) groups is 1. The van der Waals surface area contributed by atoms with Crippen molar-refractivity contribution in [2.24, 2.45) is 0 Å². The molecule has 0 aliphatic carbocycles. The molecule has 20 heavy (non-hydrogen) atoms. The summed E-state index contributed by atoms with van der Waals surface area (Å²) in [6.45, 7) is 0. The second kappa shape index (κ2) is 4.81. The van der Waals surface area contributed by atoms with Crippen molar-refractivity contribution in [2.75, 3.05) is 7.11 Å². The zero-order chi connectivity index (χ0) is 14.1. The van der Waals surface area contributed by atoms with Crippen LogP contribution >= 0.6 is 0 Å². The maximum absolute atomic E-state index is 14.0. The number of hydrogen-bond donors (Lipinski definition) is 1. The predicted molar refractivity (Wildman–Crippen MR) is 75.6 cm³/mol. The van der Waals surface area contributed by atoms with Crippen molar-refractivity contribution in [3.8, 4) is 17.0 Å². The minimum Gasteiger partial charge on any atom is -0.497 e. The SMILES string of the molecule is COc1ccc2[nH]c(-c3c(F)cccc3C=O)cc2c1. The number of nitrogens with one attached hydrogen (secondary N) is 1. The molecule has 0 saturated heterocycles. The summed E-state index contributed by atoms with van der Waals surface area (Å²) in [5.74, 6) is 0.306. The standard InChI is InChI=1S/C16H12FNO2/c1-20-12-5-6-14-11(7-12)8-15(18-14)16-10(9-19)3-2-4-13(16)17/h2-9,18H,1H3. The first-order valence-electron chi connectivity index (χ1n) is 6.14. The fourth-order valence-corrected chi connectivity index (χ4v) is 2.30. The van der Waals surface area contributed by atoms with Crippen molar-refractivity contribution in [2.45, 2.75) is 0 Å². The molecule has 4 heteroatoms. The molecular formula is C16H12FNO2. The molecule has 1 heterocycles. The molecule has 1 N–H and O–H groups in total. The van der Waals surface area contributed by atoms with Crippen molar-refractivity contribution >= 4 is 17.2 Å². The number of fused-ring (bicyclic) bond motifs is 1. The Balaban J connectivity index is 2.22. The van der Waals surface area contributed by atoms with E-state index in [0.717, 1.165) is 16.7 Å². The number of benzene rings is 2. The Kier molecular flexibility index (Phi) is 2.99. The molecule has 0 bridgehead atoms. The molecule has 100 valence electrons. The van der Waals surface area contributed by atoms with E-state index in [-0.39, 0.29) is 5.56 Å². The molecule has 2 aromatic carbocycles. The Hall–Kier alpha value is -2.62. The number of ether oxygens (including phenoxy) is 1. The normalized spacial score (nSPS) is 10.7. The molecule has 3 nitrogen and oxygen atoms in total.